The minimum absolute atomic E-state index is 0.0384. The van der Waals surface area contributed by atoms with Gasteiger partial charge in [-0.1, -0.05) is 42.5 Å². The lowest BCUT2D eigenvalue weighted by atomic mass is 10.00. The van der Waals surface area contributed by atoms with Crippen molar-refractivity contribution in [3.8, 4) is 0 Å². The first kappa shape index (κ1) is 19.0. The van der Waals surface area contributed by atoms with Crippen LogP contribution in [0, 0.1) is 0 Å². The van der Waals surface area contributed by atoms with Gasteiger partial charge in [-0.3, -0.25) is 9.69 Å². The maximum Gasteiger partial charge on any atom is 0.234 e. The Morgan fingerprint density at radius 1 is 0.897 bits per heavy atom. The molecule has 4 rings (SSSR count). The van der Waals surface area contributed by atoms with E-state index in [2.05, 4.69) is 29.6 Å². The van der Waals surface area contributed by atoms with Gasteiger partial charge in [-0.2, -0.15) is 0 Å². The fourth-order valence-electron chi connectivity index (χ4n) is 3.61. The Kier molecular flexibility index (Phi) is 5.77. The van der Waals surface area contributed by atoms with Gasteiger partial charge in [0, 0.05) is 0 Å². The molecule has 0 aliphatic carbocycles. The van der Waals surface area contributed by atoms with Crippen LogP contribution in [0.3, 0.4) is 0 Å². The highest BCUT2D eigenvalue weighted by atomic mass is 16.3. The van der Waals surface area contributed by atoms with E-state index in [1.165, 1.54) is 5.39 Å². The predicted molar refractivity (Wildman–Crippen MR) is 112 cm³/mol. The summed E-state index contributed by atoms with van der Waals surface area (Å²) in [6.07, 6.45) is 3.28. The van der Waals surface area contributed by atoms with Gasteiger partial charge in [0.25, 0.3) is 0 Å². The van der Waals surface area contributed by atoms with Crippen LogP contribution in [0.25, 0.3) is 10.8 Å². The van der Waals surface area contributed by atoms with Crippen LogP contribution in [-0.2, 0) is 17.9 Å². The lowest BCUT2D eigenvalue weighted by Gasteiger charge is -2.22. The molecule has 0 radical (unpaired) electrons. The Bertz CT molecular complexity index is 1010. The number of fused-ring (bicyclic) bond motifs is 1. The summed E-state index contributed by atoms with van der Waals surface area (Å²) < 4.78 is 10.9. The fraction of sp³-hybridized carbons (Fsp3) is 0.208. The van der Waals surface area contributed by atoms with Crippen molar-refractivity contribution in [2.45, 2.75) is 26.1 Å². The molecule has 0 aliphatic rings. The van der Waals surface area contributed by atoms with Crippen molar-refractivity contribution in [3.05, 3.63) is 96.3 Å². The van der Waals surface area contributed by atoms with Crippen molar-refractivity contribution in [1.29, 1.82) is 0 Å². The first-order chi connectivity index (χ1) is 14.2. The molecule has 0 saturated heterocycles. The third-order valence-corrected chi connectivity index (χ3v) is 4.95. The van der Waals surface area contributed by atoms with Crippen molar-refractivity contribution in [2.24, 2.45) is 0 Å². The van der Waals surface area contributed by atoms with Crippen molar-refractivity contribution < 1.29 is 13.6 Å². The number of rotatable bonds is 8. The number of carbonyl (C=O) groups is 1. The molecule has 0 bridgehead atoms. The van der Waals surface area contributed by atoms with Crippen LogP contribution < -0.4 is 5.32 Å². The Hall–Kier alpha value is -3.31. The van der Waals surface area contributed by atoms with E-state index in [1.54, 1.807) is 12.5 Å². The van der Waals surface area contributed by atoms with Gasteiger partial charge in [0.15, 0.2) is 0 Å². The number of carbonyl (C=O) groups excluding carboxylic acids is 1. The molecule has 1 atom stereocenters. The number of benzene rings is 2. The standard InChI is InChI=1S/C24H24N2O3/c1-18(22-12-4-8-19-7-2-3-11-23(19)22)25-24(27)17-26(15-20-9-5-13-28-20)16-21-10-6-14-29-21/h2-14,18H,15-17H2,1H3,(H,25,27). The predicted octanol–water partition coefficient (Wildman–Crippen LogP) is 4.91. The van der Waals surface area contributed by atoms with Gasteiger partial charge in [-0.05, 0) is 47.5 Å². The number of hydrogen-bond acceptors (Lipinski definition) is 4. The summed E-state index contributed by atoms with van der Waals surface area (Å²) in [5, 5.41) is 5.46. The van der Waals surface area contributed by atoms with Gasteiger partial charge in [-0.25, -0.2) is 0 Å². The van der Waals surface area contributed by atoms with Gasteiger partial charge in [0.05, 0.1) is 38.2 Å². The average molecular weight is 388 g/mol. The van der Waals surface area contributed by atoms with Crippen molar-refractivity contribution in [2.75, 3.05) is 6.54 Å². The number of amides is 1. The highest BCUT2D eigenvalue weighted by Crippen LogP contribution is 2.24. The van der Waals surface area contributed by atoms with E-state index >= 15 is 0 Å². The summed E-state index contributed by atoms with van der Waals surface area (Å²) in [4.78, 5) is 14.8. The quantitative estimate of drug-likeness (QED) is 0.466. The molecule has 1 unspecified atom stereocenters. The summed E-state index contributed by atoms with van der Waals surface area (Å²) >= 11 is 0. The molecule has 0 fully saturated rings. The molecular formula is C24H24N2O3. The normalized spacial score (nSPS) is 12.3. The lowest BCUT2D eigenvalue weighted by molar-refractivity contribution is -0.123. The Labute approximate surface area is 169 Å². The molecule has 2 aromatic carbocycles. The lowest BCUT2D eigenvalue weighted by Crippen LogP contribution is -2.37. The van der Waals surface area contributed by atoms with Crippen LogP contribution in [0.5, 0.6) is 0 Å². The van der Waals surface area contributed by atoms with Crippen LogP contribution in [0.4, 0.5) is 0 Å². The van der Waals surface area contributed by atoms with E-state index in [0.717, 1.165) is 22.5 Å². The monoisotopic (exact) mass is 388 g/mol. The summed E-state index contributed by atoms with van der Waals surface area (Å²) in [6, 6.07) is 21.8. The highest BCUT2D eigenvalue weighted by molar-refractivity contribution is 5.87. The van der Waals surface area contributed by atoms with E-state index in [-0.39, 0.29) is 18.5 Å². The maximum atomic E-state index is 12.8. The molecule has 1 amide bonds. The van der Waals surface area contributed by atoms with Gasteiger partial charge in [0.1, 0.15) is 11.5 Å². The number of nitrogens with one attached hydrogen (secondary N) is 1. The SMILES string of the molecule is CC(NC(=O)CN(Cc1ccco1)Cc1ccco1)c1cccc2ccccc12. The van der Waals surface area contributed by atoms with Crippen molar-refractivity contribution >= 4 is 16.7 Å². The van der Waals surface area contributed by atoms with Crippen LogP contribution in [0.1, 0.15) is 30.0 Å². The van der Waals surface area contributed by atoms with Gasteiger partial charge in [0.2, 0.25) is 5.91 Å². The second-order valence-electron chi connectivity index (χ2n) is 7.16. The zero-order valence-corrected chi connectivity index (χ0v) is 16.4. The Morgan fingerprint density at radius 2 is 1.55 bits per heavy atom. The second-order valence-corrected chi connectivity index (χ2v) is 7.16. The average Bonchev–Trinajstić information content (AvgIpc) is 3.41. The van der Waals surface area contributed by atoms with E-state index < -0.39 is 0 Å². The molecule has 2 heterocycles. The molecule has 4 aromatic rings. The van der Waals surface area contributed by atoms with Crippen molar-refractivity contribution in [3.63, 3.8) is 0 Å². The smallest absolute Gasteiger partial charge is 0.234 e. The number of nitrogens with zero attached hydrogens (tertiary/aromatic N) is 1. The van der Waals surface area contributed by atoms with Crippen LogP contribution in [-0.4, -0.2) is 17.4 Å². The van der Waals surface area contributed by atoms with E-state index in [0.29, 0.717) is 13.1 Å². The van der Waals surface area contributed by atoms with Crippen LogP contribution >= 0.6 is 0 Å². The summed E-state index contributed by atoms with van der Waals surface area (Å²) in [6.45, 7) is 3.33. The topological polar surface area (TPSA) is 58.6 Å². The maximum absolute atomic E-state index is 12.8. The summed E-state index contributed by atoms with van der Waals surface area (Å²) in [7, 11) is 0. The molecule has 148 valence electrons. The second kappa shape index (κ2) is 8.80. The number of hydrogen-bond donors (Lipinski definition) is 1. The molecule has 5 heteroatoms. The molecule has 2 aromatic heterocycles. The summed E-state index contributed by atoms with van der Waals surface area (Å²) in [5.74, 6) is 1.58. The number of furan rings is 2. The third kappa shape index (κ3) is 4.76. The molecule has 1 N–H and O–H groups in total. The summed E-state index contributed by atoms with van der Waals surface area (Å²) in [5.41, 5.74) is 1.11. The van der Waals surface area contributed by atoms with E-state index in [9.17, 15) is 4.79 Å². The van der Waals surface area contributed by atoms with Crippen LogP contribution in [0.2, 0.25) is 0 Å². The Morgan fingerprint density at radius 3 is 2.21 bits per heavy atom. The van der Waals surface area contributed by atoms with Gasteiger partial charge < -0.3 is 14.2 Å². The molecular weight excluding hydrogens is 364 g/mol. The minimum Gasteiger partial charge on any atom is -0.468 e. The van der Waals surface area contributed by atoms with E-state index in [1.807, 2.05) is 54.3 Å². The van der Waals surface area contributed by atoms with E-state index in [4.69, 9.17) is 8.83 Å². The molecule has 29 heavy (non-hydrogen) atoms. The Balaban J connectivity index is 1.45. The molecule has 0 aliphatic heterocycles. The third-order valence-electron chi connectivity index (χ3n) is 4.95. The largest absolute Gasteiger partial charge is 0.468 e. The highest BCUT2D eigenvalue weighted by Gasteiger charge is 2.17. The first-order valence-corrected chi connectivity index (χ1v) is 9.73. The minimum atomic E-state index is -0.0947. The van der Waals surface area contributed by atoms with Crippen LogP contribution in [0.15, 0.2) is 88.1 Å². The zero-order chi connectivity index (χ0) is 20.1. The molecule has 0 spiro atoms. The fourth-order valence-corrected chi connectivity index (χ4v) is 3.61. The van der Waals surface area contributed by atoms with Gasteiger partial charge >= 0.3 is 0 Å². The zero-order valence-electron chi connectivity index (χ0n) is 16.4. The van der Waals surface area contributed by atoms with Gasteiger partial charge in [-0.15, -0.1) is 0 Å². The molecule has 5 nitrogen and oxygen atoms in total. The first-order valence-electron chi connectivity index (χ1n) is 9.73. The molecule has 0 saturated carbocycles. The van der Waals surface area contributed by atoms with Crippen molar-refractivity contribution in [1.82, 2.24) is 10.2 Å².